The van der Waals surface area contributed by atoms with E-state index in [4.69, 9.17) is 4.74 Å². The summed E-state index contributed by atoms with van der Waals surface area (Å²) in [6.45, 7) is 1.85. The van der Waals surface area contributed by atoms with Gasteiger partial charge >= 0.3 is 0 Å². The van der Waals surface area contributed by atoms with Crippen molar-refractivity contribution >= 4 is 11.8 Å². The third-order valence-corrected chi connectivity index (χ3v) is 5.11. The van der Waals surface area contributed by atoms with Gasteiger partial charge < -0.3 is 20.4 Å². The second-order valence-corrected chi connectivity index (χ2v) is 7.28. The van der Waals surface area contributed by atoms with Crippen LogP contribution in [-0.4, -0.2) is 35.8 Å². The van der Waals surface area contributed by atoms with E-state index in [9.17, 15) is 18.4 Å². The van der Waals surface area contributed by atoms with Gasteiger partial charge in [-0.25, -0.2) is 8.78 Å². The fraction of sp³-hybridized carbons (Fsp3) is 0.429. The van der Waals surface area contributed by atoms with E-state index in [2.05, 4.69) is 15.6 Å². The van der Waals surface area contributed by atoms with Crippen LogP contribution < -0.4 is 15.4 Å². The first kappa shape index (κ1) is 20.8. The number of rotatable bonds is 6. The average molecular weight is 405 g/mol. The zero-order valence-corrected chi connectivity index (χ0v) is 16.4. The van der Waals surface area contributed by atoms with Crippen molar-refractivity contribution in [2.75, 3.05) is 7.05 Å². The molecule has 1 fully saturated rings. The molecule has 29 heavy (non-hydrogen) atoms. The van der Waals surface area contributed by atoms with E-state index in [0.29, 0.717) is 0 Å². The molecule has 1 saturated carbocycles. The summed E-state index contributed by atoms with van der Waals surface area (Å²) in [5, 5.41) is 5.28. The molecule has 8 heteroatoms. The lowest BCUT2D eigenvalue weighted by molar-refractivity contribution is -0.0399. The number of H-pyrrole nitrogens is 1. The maximum atomic E-state index is 13.3. The SMILES string of the molecule is CNC(=O)c1[nH]c(C(=O)NC2CCC(F)(F)CC2)cc1O[C@@H](C)c1ccccc1. The van der Waals surface area contributed by atoms with Crippen molar-refractivity contribution in [2.45, 2.75) is 50.7 Å². The number of nitrogens with one attached hydrogen (secondary N) is 3. The third kappa shape index (κ3) is 5.13. The van der Waals surface area contributed by atoms with Gasteiger partial charge in [0.15, 0.2) is 5.75 Å². The first-order valence-corrected chi connectivity index (χ1v) is 9.64. The smallest absolute Gasteiger partial charge is 0.271 e. The lowest BCUT2D eigenvalue weighted by Crippen LogP contribution is -2.40. The van der Waals surface area contributed by atoms with Crippen LogP contribution in [-0.2, 0) is 0 Å². The molecule has 1 aromatic heterocycles. The third-order valence-electron chi connectivity index (χ3n) is 5.11. The van der Waals surface area contributed by atoms with Crippen LogP contribution in [0.4, 0.5) is 8.78 Å². The Labute approximate surface area is 168 Å². The fourth-order valence-corrected chi connectivity index (χ4v) is 3.37. The van der Waals surface area contributed by atoms with Crippen LogP contribution in [0.3, 0.4) is 0 Å². The minimum absolute atomic E-state index is 0.135. The number of amides is 2. The highest BCUT2D eigenvalue weighted by Gasteiger charge is 2.35. The van der Waals surface area contributed by atoms with Crippen molar-refractivity contribution in [3.05, 3.63) is 53.3 Å². The zero-order valence-electron chi connectivity index (χ0n) is 16.4. The number of carbonyl (C=O) groups is 2. The highest BCUT2D eigenvalue weighted by Crippen LogP contribution is 2.33. The molecule has 1 aromatic carbocycles. The first-order valence-electron chi connectivity index (χ1n) is 9.64. The Bertz CT molecular complexity index is 857. The monoisotopic (exact) mass is 405 g/mol. The molecule has 156 valence electrons. The second-order valence-electron chi connectivity index (χ2n) is 7.28. The molecule has 0 aliphatic heterocycles. The second kappa shape index (κ2) is 8.63. The van der Waals surface area contributed by atoms with E-state index < -0.39 is 17.7 Å². The molecule has 0 spiro atoms. The summed E-state index contributed by atoms with van der Waals surface area (Å²) < 4.78 is 32.5. The molecule has 2 aromatic rings. The van der Waals surface area contributed by atoms with Crippen molar-refractivity contribution in [1.82, 2.24) is 15.6 Å². The summed E-state index contributed by atoms with van der Waals surface area (Å²) in [4.78, 5) is 27.6. The Morgan fingerprint density at radius 1 is 1.17 bits per heavy atom. The quantitative estimate of drug-likeness (QED) is 0.683. The van der Waals surface area contributed by atoms with Crippen molar-refractivity contribution in [3.63, 3.8) is 0 Å². The lowest BCUT2D eigenvalue weighted by atomic mass is 9.92. The van der Waals surface area contributed by atoms with Gasteiger partial charge in [0.05, 0.1) is 0 Å². The number of benzene rings is 1. The van der Waals surface area contributed by atoms with Crippen LogP contribution in [0.25, 0.3) is 0 Å². The fourth-order valence-electron chi connectivity index (χ4n) is 3.37. The summed E-state index contributed by atoms with van der Waals surface area (Å²) in [7, 11) is 1.48. The van der Waals surface area contributed by atoms with E-state index in [1.807, 2.05) is 37.3 Å². The topological polar surface area (TPSA) is 83.2 Å². The molecule has 1 aliphatic carbocycles. The van der Waals surface area contributed by atoms with Gasteiger partial charge in [-0.2, -0.15) is 0 Å². The van der Waals surface area contributed by atoms with E-state index in [1.165, 1.54) is 13.1 Å². The molecule has 0 bridgehead atoms. The molecular formula is C21H25F2N3O3. The minimum atomic E-state index is -2.66. The summed E-state index contributed by atoms with van der Waals surface area (Å²) in [6, 6.07) is 10.6. The molecule has 6 nitrogen and oxygen atoms in total. The van der Waals surface area contributed by atoms with Gasteiger partial charge in [-0.1, -0.05) is 30.3 Å². The van der Waals surface area contributed by atoms with Crippen LogP contribution in [0.2, 0.25) is 0 Å². The number of aromatic amines is 1. The highest BCUT2D eigenvalue weighted by atomic mass is 19.3. The molecule has 3 rings (SSSR count). The van der Waals surface area contributed by atoms with Crippen LogP contribution >= 0.6 is 0 Å². The van der Waals surface area contributed by atoms with Crippen molar-refractivity contribution < 1.29 is 23.1 Å². The van der Waals surface area contributed by atoms with Crippen LogP contribution in [0.15, 0.2) is 36.4 Å². The number of carbonyl (C=O) groups excluding carboxylic acids is 2. The Kier molecular flexibility index (Phi) is 6.20. The number of alkyl halides is 2. The molecule has 1 atom stereocenters. The van der Waals surface area contributed by atoms with E-state index in [-0.39, 0.29) is 55.0 Å². The Morgan fingerprint density at radius 2 is 1.83 bits per heavy atom. The standard InChI is InChI=1S/C21H25F2N3O3/c1-13(14-6-4-3-5-7-14)29-17-12-16(26-18(17)20(28)24-2)19(27)25-15-8-10-21(22,23)11-9-15/h3-7,12-13,15,26H,8-11H2,1-2H3,(H,24,28)(H,25,27)/t13-/m0/s1. The molecule has 1 aliphatic rings. The largest absolute Gasteiger partial charge is 0.484 e. The van der Waals surface area contributed by atoms with E-state index in [0.717, 1.165) is 5.56 Å². The molecule has 0 saturated heterocycles. The van der Waals surface area contributed by atoms with Gasteiger partial charge in [0.1, 0.15) is 17.5 Å². The van der Waals surface area contributed by atoms with E-state index in [1.54, 1.807) is 0 Å². The highest BCUT2D eigenvalue weighted by molar-refractivity contribution is 5.99. The molecular weight excluding hydrogens is 380 g/mol. The van der Waals surface area contributed by atoms with Crippen LogP contribution in [0.5, 0.6) is 5.75 Å². The van der Waals surface area contributed by atoms with Gasteiger partial charge in [-0.3, -0.25) is 9.59 Å². The van der Waals surface area contributed by atoms with Crippen LogP contribution in [0, 0.1) is 0 Å². The molecule has 2 amide bonds. The average Bonchev–Trinajstić information content (AvgIpc) is 3.13. The summed E-state index contributed by atoms with van der Waals surface area (Å²) >= 11 is 0. The molecule has 0 unspecified atom stereocenters. The maximum absolute atomic E-state index is 13.3. The van der Waals surface area contributed by atoms with Crippen molar-refractivity contribution in [3.8, 4) is 5.75 Å². The van der Waals surface area contributed by atoms with Gasteiger partial charge in [0.2, 0.25) is 5.92 Å². The molecule has 3 N–H and O–H groups in total. The summed E-state index contributed by atoms with van der Waals surface area (Å²) in [6.07, 6.45) is -0.386. The number of hydrogen-bond acceptors (Lipinski definition) is 3. The number of aromatic nitrogens is 1. The zero-order chi connectivity index (χ0) is 21.0. The van der Waals surface area contributed by atoms with Gasteiger partial charge in [-0.15, -0.1) is 0 Å². The van der Waals surface area contributed by atoms with Crippen molar-refractivity contribution in [2.24, 2.45) is 0 Å². The minimum Gasteiger partial charge on any atom is -0.484 e. The van der Waals surface area contributed by atoms with E-state index >= 15 is 0 Å². The Hall–Kier alpha value is -2.90. The van der Waals surface area contributed by atoms with Gasteiger partial charge in [-0.05, 0) is 25.3 Å². The lowest BCUT2D eigenvalue weighted by Gasteiger charge is -2.28. The number of halogens is 2. The van der Waals surface area contributed by atoms with Crippen molar-refractivity contribution in [1.29, 1.82) is 0 Å². The van der Waals surface area contributed by atoms with Crippen LogP contribution in [0.1, 0.15) is 65.3 Å². The normalized spacial score (nSPS) is 17.4. The summed E-state index contributed by atoms with van der Waals surface area (Å²) in [5.74, 6) is -3.28. The summed E-state index contributed by atoms with van der Waals surface area (Å²) in [5.41, 5.74) is 1.21. The number of hydrogen-bond donors (Lipinski definition) is 3. The van der Waals surface area contributed by atoms with Gasteiger partial charge in [0.25, 0.3) is 11.8 Å². The molecule has 1 heterocycles. The Morgan fingerprint density at radius 3 is 2.45 bits per heavy atom. The first-order chi connectivity index (χ1) is 13.8. The number of ether oxygens (including phenoxy) is 1. The molecule has 0 radical (unpaired) electrons. The predicted molar refractivity (Wildman–Crippen MR) is 104 cm³/mol. The predicted octanol–water partition coefficient (Wildman–Crippen LogP) is 3.82. The maximum Gasteiger partial charge on any atom is 0.271 e. The Balaban J connectivity index is 1.74. The van der Waals surface area contributed by atoms with Gasteiger partial charge in [0, 0.05) is 32.0 Å².